The summed E-state index contributed by atoms with van der Waals surface area (Å²) >= 11 is 7.74. The predicted octanol–water partition coefficient (Wildman–Crippen LogP) is 4.15. The lowest BCUT2D eigenvalue weighted by Crippen LogP contribution is -2.43. The number of benzene rings is 2. The van der Waals surface area contributed by atoms with E-state index in [1.807, 2.05) is 19.1 Å². The average molecular weight is 461 g/mol. The first kappa shape index (κ1) is 21.6. The lowest BCUT2D eigenvalue weighted by molar-refractivity contribution is -0.384. The van der Waals surface area contributed by atoms with Gasteiger partial charge in [0.2, 0.25) is 0 Å². The lowest BCUT2D eigenvalue weighted by atomic mass is 10.2. The zero-order valence-electron chi connectivity index (χ0n) is 16.9. The van der Waals surface area contributed by atoms with E-state index in [1.54, 1.807) is 4.90 Å². The molecule has 0 saturated carbocycles. The largest absolute Gasteiger partial charge is 0.379 e. The standard InChI is InChI=1S/C21H21ClN4O4S/c1-14-2-7-17(22)19-18(14)23-21(31-19)25(9-8-24-10-12-30-13-11-24)20(27)15-3-5-16(6-4-15)26(28)29/h2-7H,8-13H2,1H3. The number of nitro benzene ring substituents is 1. The predicted molar refractivity (Wildman–Crippen MR) is 121 cm³/mol. The van der Waals surface area contributed by atoms with E-state index in [0.29, 0.717) is 42.0 Å². The Kier molecular flexibility index (Phi) is 6.47. The molecular weight excluding hydrogens is 440 g/mol. The molecule has 1 aromatic heterocycles. The highest BCUT2D eigenvalue weighted by Crippen LogP contribution is 2.36. The van der Waals surface area contributed by atoms with Crippen molar-refractivity contribution in [3.63, 3.8) is 0 Å². The fraction of sp³-hybridized carbons (Fsp3) is 0.333. The van der Waals surface area contributed by atoms with Crippen molar-refractivity contribution in [1.82, 2.24) is 9.88 Å². The third-order valence-corrected chi connectivity index (χ3v) is 6.77. The first-order valence-corrected chi connectivity index (χ1v) is 11.1. The second-order valence-corrected chi connectivity index (χ2v) is 8.64. The first-order chi connectivity index (χ1) is 14.9. The van der Waals surface area contributed by atoms with E-state index in [2.05, 4.69) is 4.90 Å². The third-order valence-electron chi connectivity index (χ3n) is 5.23. The smallest absolute Gasteiger partial charge is 0.269 e. The van der Waals surface area contributed by atoms with Crippen LogP contribution < -0.4 is 4.90 Å². The van der Waals surface area contributed by atoms with Crippen LogP contribution in [0.4, 0.5) is 10.8 Å². The first-order valence-electron chi connectivity index (χ1n) is 9.86. The maximum absolute atomic E-state index is 13.4. The van der Waals surface area contributed by atoms with Gasteiger partial charge in [-0.3, -0.25) is 24.7 Å². The number of aryl methyl sites for hydroxylation is 1. The van der Waals surface area contributed by atoms with Crippen molar-refractivity contribution in [3.05, 3.63) is 62.7 Å². The van der Waals surface area contributed by atoms with Gasteiger partial charge in [-0.25, -0.2) is 4.98 Å². The number of morpholine rings is 1. The molecule has 1 fully saturated rings. The van der Waals surface area contributed by atoms with Crippen LogP contribution in [-0.4, -0.2) is 60.1 Å². The number of hydrogen-bond donors (Lipinski definition) is 0. The molecule has 0 aliphatic carbocycles. The van der Waals surface area contributed by atoms with Gasteiger partial charge in [-0.2, -0.15) is 0 Å². The van der Waals surface area contributed by atoms with Gasteiger partial charge < -0.3 is 4.74 Å². The van der Waals surface area contributed by atoms with Crippen LogP contribution in [0.2, 0.25) is 5.02 Å². The van der Waals surface area contributed by atoms with E-state index in [0.717, 1.165) is 28.9 Å². The number of carbonyl (C=O) groups excluding carboxylic acids is 1. The van der Waals surface area contributed by atoms with Gasteiger partial charge in [0.15, 0.2) is 5.13 Å². The number of rotatable bonds is 6. The number of ether oxygens (including phenoxy) is 1. The minimum atomic E-state index is -0.483. The van der Waals surface area contributed by atoms with E-state index in [-0.39, 0.29) is 11.6 Å². The summed E-state index contributed by atoms with van der Waals surface area (Å²) in [7, 11) is 0. The molecule has 0 unspecified atom stereocenters. The van der Waals surface area contributed by atoms with Gasteiger partial charge in [0.1, 0.15) is 0 Å². The Hall–Kier alpha value is -2.59. The highest BCUT2D eigenvalue weighted by molar-refractivity contribution is 7.23. The van der Waals surface area contributed by atoms with Crippen LogP contribution in [0.5, 0.6) is 0 Å². The minimum absolute atomic E-state index is 0.0567. The summed E-state index contributed by atoms with van der Waals surface area (Å²) in [5.74, 6) is -0.254. The maximum atomic E-state index is 13.4. The molecule has 10 heteroatoms. The Morgan fingerprint density at radius 1 is 1.26 bits per heavy atom. The van der Waals surface area contributed by atoms with Crippen LogP contribution in [0, 0.1) is 17.0 Å². The second kappa shape index (κ2) is 9.27. The number of halogens is 1. The zero-order chi connectivity index (χ0) is 22.0. The van der Waals surface area contributed by atoms with E-state index in [9.17, 15) is 14.9 Å². The number of nitrogens with zero attached hydrogens (tertiary/aromatic N) is 4. The summed E-state index contributed by atoms with van der Waals surface area (Å²) < 4.78 is 6.24. The Bertz CT molecular complexity index is 1070. The van der Waals surface area contributed by atoms with Gasteiger partial charge in [-0.05, 0) is 30.7 Å². The molecule has 1 saturated heterocycles. The van der Waals surface area contributed by atoms with Crippen molar-refractivity contribution < 1.29 is 14.5 Å². The summed E-state index contributed by atoms with van der Waals surface area (Å²) in [5, 5.41) is 12.1. The quantitative estimate of drug-likeness (QED) is 0.405. The highest BCUT2D eigenvalue weighted by Gasteiger charge is 2.24. The van der Waals surface area contributed by atoms with Gasteiger partial charge in [0, 0.05) is 43.9 Å². The number of hydrogen-bond acceptors (Lipinski definition) is 7. The van der Waals surface area contributed by atoms with Gasteiger partial charge in [0.25, 0.3) is 11.6 Å². The number of anilines is 1. The third kappa shape index (κ3) is 4.69. The van der Waals surface area contributed by atoms with Gasteiger partial charge in [-0.15, -0.1) is 0 Å². The van der Waals surface area contributed by atoms with E-state index in [1.165, 1.54) is 35.6 Å². The van der Waals surface area contributed by atoms with Crippen LogP contribution in [0.25, 0.3) is 10.2 Å². The van der Waals surface area contributed by atoms with Crippen LogP contribution in [0.3, 0.4) is 0 Å². The van der Waals surface area contributed by atoms with Crippen LogP contribution in [0.15, 0.2) is 36.4 Å². The molecule has 162 valence electrons. The number of nitro groups is 1. The molecule has 2 aromatic carbocycles. The molecule has 1 aliphatic heterocycles. The molecular formula is C21H21ClN4O4S. The van der Waals surface area contributed by atoms with Crippen LogP contribution in [0.1, 0.15) is 15.9 Å². The summed E-state index contributed by atoms with van der Waals surface area (Å²) in [6, 6.07) is 9.38. The molecule has 0 spiro atoms. The van der Waals surface area contributed by atoms with Gasteiger partial charge in [-0.1, -0.05) is 29.0 Å². The molecule has 0 N–H and O–H groups in total. The number of thiazole rings is 1. The molecule has 4 rings (SSSR count). The zero-order valence-corrected chi connectivity index (χ0v) is 18.5. The Morgan fingerprint density at radius 3 is 2.61 bits per heavy atom. The Labute approximate surface area is 188 Å². The van der Waals surface area contributed by atoms with E-state index >= 15 is 0 Å². The van der Waals surface area contributed by atoms with Crippen molar-refractivity contribution >= 4 is 49.9 Å². The van der Waals surface area contributed by atoms with Crippen molar-refractivity contribution in [2.75, 3.05) is 44.3 Å². The molecule has 8 nitrogen and oxygen atoms in total. The highest BCUT2D eigenvalue weighted by atomic mass is 35.5. The van der Waals surface area contributed by atoms with Crippen molar-refractivity contribution in [1.29, 1.82) is 0 Å². The maximum Gasteiger partial charge on any atom is 0.269 e. The number of non-ortho nitro benzene ring substituents is 1. The SMILES string of the molecule is Cc1ccc(Cl)c2sc(N(CCN3CCOCC3)C(=O)c3ccc([N+](=O)[O-])cc3)nc12. The van der Waals surface area contributed by atoms with Crippen molar-refractivity contribution in [2.24, 2.45) is 0 Å². The monoisotopic (exact) mass is 460 g/mol. The van der Waals surface area contributed by atoms with E-state index < -0.39 is 4.92 Å². The summed E-state index contributed by atoms with van der Waals surface area (Å²) in [6.07, 6.45) is 0. The molecule has 2 heterocycles. The second-order valence-electron chi connectivity index (χ2n) is 7.25. The number of amides is 1. The fourth-order valence-electron chi connectivity index (χ4n) is 3.44. The Morgan fingerprint density at radius 2 is 1.97 bits per heavy atom. The number of aromatic nitrogens is 1. The fourth-order valence-corrected chi connectivity index (χ4v) is 4.78. The summed E-state index contributed by atoms with van der Waals surface area (Å²) in [6.45, 7) is 6.03. The molecule has 3 aromatic rings. The number of fused-ring (bicyclic) bond motifs is 1. The number of carbonyl (C=O) groups is 1. The normalized spacial score (nSPS) is 14.6. The lowest BCUT2D eigenvalue weighted by Gasteiger charge is -2.29. The summed E-state index contributed by atoms with van der Waals surface area (Å²) in [5.41, 5.74) is 2.08. The van der Waals surface area contributed by atoms with Crippen molar-refractivity contribution in [3.8, 4) is 0 Å². The molecule has 31 heavy (non-hydrogen) atoms. The van der Waals surface area contributed by atoms with Crippen LogP contribution in [-0.2, 0) is 4.74 Å². The van der Waals surface area contributed by atoms with Gasteiger partial charge >= 0.3 is 0 Å². The summed E-state index contributed by atoms with van der Waals surface area (Å²) in [4.78, 5) is 32.5. The topological polar surface area (TPSA) is 88.8 Å². The molecule has 1 aliphatic rings. The molecule has 1 amide bonds. The Balaban J connectivity index is 1.66. The molecule has 0 atom stereocenters. The van der Waals surface area contributed by atoms with Crippen molar-refractivity contribution in [2.45, 2.75) is 6.92 Å². The molecule has 0 radical (unpaired) electrons. The minimum Gasteiger partial charge on any atom is -0.379 e. The van der Waals surface area contributed by atoms with Crippen LogP contribution >= 0.6 is 22.9 Å². The van der Waals surface area contributed by atoms with Gasteiger partial charge in [0.05, 0.1) is 33.4 Å². The molecule has 0 bridgehead atoms. The average Bonchev–Trinajstić information content (AvgIpc) is 3.24. The van der Waals surface area contributed by atoms with E-state index in [4.69, 9.17) is 21.3 Å².